The third-order valence-electron chi connectivity index (χ3n) is 2.99. The van der Waals surface area contributed by atoms with Gasteiger partial charge in [0.05, 0.1) is 4.75 Å². The molecule has 0 unspecified atom stereocenters. The zero-order chi connectivity index (χ0) is 10.5. The molecule has 0 bridgehead atoms. The van der Waals surface area contributed by atoms with Crippen LogP contribution in [0.1, 0.15) is 41.5 Å². The highest BCUT2D eigenvalue weighted by Gasteiger charge is 2.50. The van der Waals surface area contributed by atoms with Crippen molar-refractivity contribution in [1.82, 2.24) is 5.32 Å². The fourth-order valence-electron chi connectivity index (χ4n) is 1.40. The molecule has 0 aromatic carbocycles. The Hall–Kier alpha value is -0.180. The van der Waals surface area contributed by atoms with Crippen LogP contribution in [0.4, 0.5) is 0 Å². The Morgan fingerprint density at radius 2 is 1.54 bits per heavy atom. The van der Waals surface area contributed by atoms with Gasteiger partial charge >= 0.3 is 0 Å². The molecule has 1 rings (SSSR count). The predicted molar refractivity (Wildman–Crippen MR) is 58.0 cm³/mol. The van der Waals surface area contributed by atoms with Gasteiger partial charge in [-0.2, -0.15) is 0 Å². The van der Waals surface area contributed by atoms with Crippen LogP contribution in [-0.4, -0.2) is 20.9 Å². The number of thioether (sulfide) groups is 1. The minimum Gasteiger partial charge on any atom is -0.349 e. The molecule has 0 aliphatic carbocycles. The lowest BCUT2D eigenvalue weighted by atomic mass is 9.88. The van der Waals surface area contributed by atoms with Crippen LogP contribution >= 0.6 is 11.8 Å². The number of rotatable bonds is 0. The Labute approximate surface area is 84.9 Å². The van der Waals surface area contributed by atoms with Gasteiger partial charge in [-0.1, -0.05) is 0 Å². The van der Waals surface area contributed by atoms with E-state index in [4.69, 9.17) is 0 Å². The normalized spacial score (nSPS) is 29.5. The van der Waals surface area contributed by atoms with Gasteiger partial charge in [0.2, 0.25) is 5.91 Å². The summed E-state index contributed by atoms with van der Waals surface area (Å²) in [6.45, 7) is 12.5. The number of carbonyl (C=O) groups excluding carboxylic acids is 1. The summed E-state index contributed by atoms with van der Waals surface area (Å²) in [5.74, 6) is 0.141. The Kier molecular flexibility index (Phi) is 2.23. The lowest BCUT2D eigenvalue weighted by molar-refractivity contribution is -0.125. The average Bonchev–Trinajstić information content (AvgIpc) is 1.80. The van der Waals surface area contributed by atoms with Gasteiger partial charge in [-0.05, 0) is 41.5 Å². The van der Waals surface area contributed by atoms with Gasteiger partial charge in [-0.25, -0.2) is 0 Å². The van der Waals surface area contributed by atoms with E-state index in [0.717, 1.165) is 0 Å². The third kappa shape index (κ3) is 1.71. The maximum absolute atomic E-state index is 11.7. The first-order valence-electron chi connectivity index (χ1n) is 4.61. The van der Waals surface area contributed by atoms with Crippen molar-refractivity contribution in [2.24, 2.45) is 0 Å². The van der Waals surface area contributed by atoms with Gasteiger partial charge in [0, 0.05) is 10.3 Å². The number of nitrogens with one attached hydrogen (secondary N) is 1. The molecule has 0 radical (unpaired) electrons. The minimum atomic E-state index is -0.307. The van der Waals surface area contributed by atoms with Gasteiger partial charge in [0.25, 0.3) is 0 Å². The highest BCUT2D eigenvalue weighted by atomic mass is 32.2. The maximum atomic E-state index is 11.7. The van der Waals surface area contributed by atoms with Crippen molar-refractivity contribution in [3.05, 3.63) is 0 Å². The van der Waals surface area contributed by atoms with Crippen LogP contribution in [0.25, 0.3) is 0 Å². The topological polar surface area (TPSA) is 29.1 Å². The molecule has 1 aliphatic heterocycles. The molecule has 1 heterocycles. The molecular weight excluding hydrogens is 182 g/mol. The van der Waals surface area contributed by atoms with E-state index in [1.165, 1.54) is 0 Å². The lowest BCUT2D eigenvalue weighted by Gasteiger charge is -2.50. The lowest BCUT2D eigenvalue weighted by Crippen LogP contribution is -2.65. The first-order chi connectivity index (χ1) is 5.58. The van der Waals surface area contributed by atoms with E-state index in [-0.39, 0.29) is 20.9 Å². The zero-order valence-corrected chi connectivity index (χ0v) is 10.1. The average molecular weight is 201 g/mol. The summed E-state index contributed by atoms with van der Waals surface area (Å²) >= 11 is 1.75. The third-order valence-corrected chi connectivity index (χ3v) is 4.70. The summed E-state index contributed by atoms with van der Waals surface area (Å²) in [7, 11) is 0. The molecule has 76 valence electrons. The quantitative estimate of drug-likeness (QED) is 0.651. The molecule has 13 heavy (non-hydrogen) atoms. The Morgan fingerprint density at radius 3 is 1.92 bits per heavy atom. The van der Waals surface area contributed by atoms with Gasteiger partial charge < -0.3 is 5.32 Å². The number of hydrogen-bond acceptors (Lipinski definition) is 2. The summed E-state index contributed by atoms with van der Waals surface area (Å²) in [6.07, 6.45) is 0. The van der Waals surface area contributed by atoms with E-state index < -0.39 is 0 Å². The molecule has 3 heteroatoms. The van der Waals surface area contributed by atoms with Crippen molar-refractivity contribution in [3.63, 3.8) is 0 Å². The van der Waals surface area contributed by atoms with Gasteiger partial charge in [0.15, 0.2) is 0 Å². The molecule has 0 aromatic rings. The molecular formula is C10H19NOS. The predicted octanol–water partition coefficient (Wildman–Crippen LogP) is 2.19. The molecule has 1 N–H and O–H groups in total. The molecule has 0 spiro atoms. The Balaban J connectivity index is 3.00. The minimum absolute atomic E-state index is 0.0738. The molecule has 0 atom stereocenters. The first-order valence-corrected chi connectivity index (χ1v) is 5.43. The van der Waals surface area contributed by atoms with Crippen molar-refractivity contribution in [3.8, 4) is 0 Å². The van der Waals surface area contributed by atoms with Gasteiger partial charge in [-0.15, -0.1) is 11.8 Å². The van der Waals surface area contributed by atoms with Crippen LogP contribution < -0.4 is 5.32 Å². The molecule has 1 saturated heterocycles. The van der Waals surface area contributed by atoms with Gasteiger partial charge in [-0.3, -0.25) is 4.79 Å². The van der Waals surface area contributed by atoms with Crippen LogP contribution in [0.5, 0.6) is 0 Å². The van der Waals surface area contributed by atoms with E-state index in [1.54, 1.807) is 11.8 Å². The monoisotopic (exact) mass is 201 g/mol. The van der Waals surface area contributed by atoms with E-state index in [0.29, 0.717) is 0 Å². The molecule has 1 fully saturated rings. The second-order valence-corrected chi connectivity index (χ2v) is 7.45. The maximum Gasteiger partial charge on any atom is 0.236 e. The largest absolute Gasteiger partial charge is 0.349 e. The zero-order valence-electron chi connectivity index (χ0n) is 9.32. The molecule has 1 amide bonds. The number of hydrogen-bond donors (Lipinski definition) is 1. The second-order valence-electron chi connectivity index (χ2n) is 5.20. The molecule has 1 aliphatic rings. The van der Waals surface area contributed by atoms with Crippen molar-refractivity contribution in [1.29, 1.82) is 0 Å². The molecule has 2 nitrogen and oxygen atoms in total. The SMILES string of the molecule is CC1(C)SC(C)(C)C(C)(C)NC1=O. The van der Waals surface area contributed by atoms with Crippen molar-refractivity contribution in [2.75, 3.05) is 0 Å². The van der Waals surface area contributed by atoms with Crippen molar-refractivity contribution < 1.29 is 4.79 Å². The van der Waals surface area contributed by atoms with E-state index in [9.17, 15) is 4.79 Å². The van der Waals surface area contributed by atoms with Gasteiger partial charge in [0.1, 0.15) is 0 Å². The summed E-state index contributed by atoms with van der Waals surface area (Å²) in [4.78, 5) is 11.7. The standard InChI is InChI=1S/C10H19NOS/c1-8(2)7(12)11-9(3,4)10(5,6)13-8/h1-6H3,(H,11,12). The summed E-state index contributed by atoms with van der Waals surface area (Å²) in [6, 6.07) is 0. The van der Waals surface area contributed by atoms with E-state index >= 15 is 0 Å². The summed E-state index contributed by atoms with van der Waals surface area (Å²) < 4.78 is -0.233. The van der Waals surface area contributed by atoms with Crippen LogP contribution in [-0.2, 0) is 4.79 Å². The highest BCUT2D eigenvalue weighted by molar-refractivity contribution is 8.02. The van der Waals surface area contributed by atoms with Crippen molar-refractivity contribution >= 4 is 17.7 Å². The van der Waals surface area contributed by atoms with Crippen LogP contribution in [0, 0.1) is 0 Å². The van der Waals surface area contributed by atoms with Crippen LogP contribution in [0.2, 0.25) is 0 Å². The number of amides is 1. The van der Waals surface area contributed by atoms with Crippen molar-refractivity contribution in [2.45, 2.75) is 56.6 Å². The molecule has 0 saturated carbocycles. The fourth-order valence-corrected chi connectivity index (χ4v) is 3.12. The smallest absolute Gasteiger partial charge is 0.236 e. The second kappa shape index (κ2) is 2.66. The van der Waals surface area contributed by atoms with E-state index in [1.807, 2.05) is 13.8 Å². The Bertz CT molecular complexity index is 243. The fraction of sp³-hybridized carbons (Fsp3) is 0.900. The number of carbonyl (C=O) groups is 1. The summed E-state index contributed by atoms with van der Waals surface area (Å²) in [5.41, 5.74) is -0.135. The Morgan fingerprint density at radius 1 is 1.08 bits per heavy atom. The van der Waals surface area contributed by atoms with E-state index in [2.05, 4.69) is 33.0 Å². The van der Waals surface area contributed by atoms with Crippen LogP contribution in [0.15, 0.2) is 0 Å². The van der Waals surface area contributed by atoms with Crippen LogP contribution in [0.3, 0.4) is 0 Å². The highest BCUT2D eigenvalue weighted by Crippen LogP contribution is 2.46. The first kappa shape index (κ1) is 10.9. The molecule has 0 aromatic heterocycles. The summed E-state index contributed by atoms with van der Waals surface area (Å²) in [5, 5.41) is 3.08.